The van der Waals surface area contributed by atoms with Gasteiger partial charge in [0.1, 0.15) is 0 Å². The van der Waals surface area contributed by atoms with Crippen LogP contribution in [0.15, 0.2) is 152 Å². The molecule has 0 aliphatic carbocycles. The molecule has 1 heteroatoms. The largest absolute Gasteiger partial charge is 0.136 e. The first-order valence-electron chi connectivity index (χ1n) is 15.1. The lowest BCUT2D eigenvalue weighted by atomic mass is 9.85. The van der Waals surface area contributed by atoms with Gasteiger partial charge in [0.05, 0.1) is 0 Å². The Labute approximate surface area is 261 Å². The smallest absolute Gasteiger partial charge is 0.0352 e. The van der Waals surface area contributed by atoms with Crippen molar-refractivity contribution in [2.24, 2.45) is 0 Å². The Hall–Kier alpha value is -5.24. The van der Waals surface area contributed by atoms with Crippen LogP contribution in [-0.2, 0) is 0 Å². The molecular weight excluding hydrogens is 549 g/mol. The van der Waals surface area contributed by atoms with E-state index >= 15 is 0 Å². The molecule has 0 saturated carbocycles. The van der Waals surface area contributed by atoms with Crippen LogP contribution in [0.3, 0.4) is 0 Å². The fourth-order valence-electron chi connectivity index (χ4n) is 6.68. The summed E-state index contributed by atoms with van der Waals surface area (Å²) < 4.78 is 1.31. The summed E-state index contributed by atoms with van der Waals surface area (Å²) in [5.74, 6) is 0. The summed E-state index contributed by atoms with van der Waals surface area (Å²) in [6.07, 6.45) is 6.01. The number of hydrogen-bond donors (Lipinski definition) is 0. The average Bonchev–Trinajstić information content (AvgIpc) is 3.40. The van der Waals surface area contributed by atoms with Crippen LogP contribution in [0.4, 0.5) is 0 Å². The van der Waals surface area contributed by atoms with Crippen LogP contribution < -0.4 is 0 Å². The number of fused-ring (bicyclic) bond motifs is 4. The molecule has 0 unspecified atom stereocenters. The lowest BCUT2D eigenvalue weighted by Crippen LogP contribution is -1.91. The van der Waals surface area contributed by atoms with Crippen molar-refractivity contribution >= 4 is 59.8 Å². The maximum Gasteiger partial charge on any atom is 0.0352 e. The van der Waals surface area contributed by atoms with Crippen LogP contribution in [0.5, 0.6) is 0 Å². The van der Waals surface area contributed by atoms with Crippen LogP contribution in [0.1, 0.15) is 10.4 Å². The molecule has 0 radical (unpaired) electrons. The Bertz CT molecular complexity index is 2360. The zero-order valence-corrected chi connectivity index (χ0v) is 25.4. The monoisotopic (exact) mass is 578 g/mol. The van der Waals surface area contributed by atoms with Gasteiger partial charge in [0, 0.05) is 9.58 Å². The van der Waals surface area contributed by atoms with E-state index in [-0.39, 0.29) is 0 Å². The second-order valence-electron chi connectivity index (χ2n) is 11.4. The molecule has 1 aromatic heterocycles. The fraction of sp³-hybridized carbons (Fsp3) is 0.0233. The van der Waals surface area contributed by atoms with E-state index in [4.69, 9.17) is 0 Å². The van der Waals surface area contributed by atoms with Crippen LogP contribution >= 0.6 is 11.3 Å². The maximum absolute atomic E-state index is 3.83. The zero-order valence-electron chi connectivity index (χ0n) is 24.5. The normalized spacial score (nSPS) is 11.8. The summed E-state index contributed by atoms with van der Waals surface area (Å²) in [6, 6.07) is 49.2. The summed E-state index contributed by atoms with van der Waals surface area (Å²) in [4.78, 5) is 1.29. The first-order valence-corrected chi connectivity index (χ1v) is 15.9. The van der Waals surface area contributed by atoms with Crippen LogP contribution in [0.25, 0.3) is 81.9 Å². The molecule has 0 saturated heterocycles. The number of hydrogen-bond acceptors (Lipinski definition) is 1. The van der Waals surface area contributed by atoms with Crippen molar-refractivity contribution in [3.63, 3.8) is 0 Å². The number of allylic oxidation sites excluding steroid dienone is 2. The minimum atomic E-state index is 1.23. The van der Waals surface area contributed by atoms with Crippen molar-refractivity contribution in [2.75, 3.05) is 0 Å². The van der Waals surface area contributed by atoms with Gasteiger partial charge in [-0.15, -0.1) is 11.3 Å². The van der Waals surface area contributed by atoms with E-state index in [1.807, 2.05) is 23.5 Å². The van der Waals surface area contributed by atoms with Crippen molar-refractivity contribution in [3.05, 3.63) is 163 Å². The molecule has 0 aliphatic rings. The minimum absolute atomic E-state index is 1.23. The molecule has 1 heterocycles. The Kier molecular flexibility index (Phi) is 6.47. The van der Waals surface area contributed by atoms with Gasteiger partial charge in [0.15, 0.2) is 0 Å². The van der Waals surface area contributed by atoms with Crippen LogP contribution in [-0.4, -0.2) is 0 Å². The maximum atomic E-state index is 3.83. The van der Waals surface area contributed by atoms with E-state index in [9.17, 15) is 0 Å². The third-order valence-corrected chi connectivity index (χ3v) is 10.0. The molecule has 8 rings (SSSR count). The van der Waals surface area contributed by atoms with Crippen molar-refractivity contribution in [1.29, 1.82) is 0 Å². The Morgan fingerprint density at radius 3 is 1.75 bits per heavy atom. The second kappa shape index (κ2) is 10.8. The summed E-state index contributed by atoms with van der Waals surface area (Å²) in [7, 11) is 0. The lowest BCUT2D eigenvalue weighted by molar-refractivity contribution is 1.57. The quantitative estimate of drug-likeness (QED) is 0.141. The van der Waals surface area contributed by atoms with Gasteiger partial charge in [-0.05, 0) is 114 Å². The van der Waals surface area contributed by atoms with Crippen LogP contribution in [0, 0.1) is 6.92 Å². The molecular formula is C43H30S. The predicted octanol–water partition coefficient (Wildman–Crippen LogP) is 12.9. The van der Waals surface area contributed by atoms with Gasteiger partial charge in [-0.3, -0.25) is 0 Å². The molecule has 0 fully saturated rings. The van der Waals surface area contributed by atoms with Gasteiger partial charge in [-0.2, -0.15) is 0 Å². The Morgan fingerprint density at radius 2 is 1.07 bits per heavy atom. The molecule has 0 N–H and O–H groups in total. The topological polar surface area (TPSA) is 0 Å². The summed E-state index contributed by atoms with van der Waals surface area (Å²) in [5.41, 5.74) is 8.84. The van der Waals surface area contributed by atoms with E-state index in [0.29, 0.717) is 0 Å². The fourth-order valence-corrected chi connectivity index (χ4v) is 7.79. The molecule has 0 amide bonds. The molecule has 0 bridgehead atoms. The standard InChI is InChI=1S/C43H30S/c1-3-4-20-40-28(2)39-27-32(23-24-41(39)44-40)31-14-11-15-33(26-31)42-35-16-7-9-18-37(35)43(38-19-10-8-17-36(38)42)34-22-21-29-12-5-6-13-30(29)25-34/h3-27H,1H2,2H3/b20-4-. The SMILES string of the molecule is C=C/C=C\c1sc2ccc(-c3cccc(-c4c5ccccc5c(-c5ccc6ccccc6c5)c5ccccc45)c3)cc2c1C. The summed E-state index contributed by atoms with van der Waals surface area (Å²) in [6.45, 7) is 6.05. The molecule has 8 aromatic rings. The Balaban J connectivity index is 1.34. The molecule has 44 heavy (non-hydrogen) atoms. The van der Waals surface area contributed by atoms with Gasteiger partial charge in [0.2, 0.25) is 0 Å². The summed E-state index contributed by atoms with van der Waals surface area (Å²) in [5, 5.41) is 8.94. The third-order valence-electron chi connectivity index (χ3n) is 8.81. The number of thiophene rings is 1. The van der Waals surface area contributed by atoms with E-state index in [0.717, 1.165) is 0 Å². The van der Waals surface area contributed by atoms with Crippen molar-refractivity contribution < 1.29 is 0 Å². The molecule has 0 atom stereocenters. The second-order valence-corrected chi connectivity index (χ2v) is 12.5. The van der Waals surface area contributed by atoms with E-state index < -0.39 is 0 Å². The first kappa shape index (κ1) is 26.4. The predicted molar refractivity (Wildman–Crippen MR) is 195 cm³/mol. The zero-order chi connectivity index (χ0) is 29.6. The molecule has 208 valence electrons. The molecule has 7 aromatic carbocycles. The number of rotatable bonds is 5. The highest BCUT2D eigenvalue weighted by Crippen LogP contribution is 2.45. The van der Waals surface area contributed by atoms with Gasteiger partial charge in [-0.25, -0.2) is 0 Å². The highest BCUT2D eigenvalue weighted by Gasteiger charge is 2.17. The number of benzene rings is 7. The van der Waals surface area contributed by atoms with Gasteiger partial charge < -0.3 is 0 Å². The van der Waals surface area contributed by atoms with E-state index in [1.165, 1.54) is 86.2 Å². The van der Waals surface area contributed by atoms with Gasteiger partial charge in [-0.1, -0.05) is 128 Å². The highest BCUT2D eigenvalue weighted by molar-refractivity contribution is 7.20. The van der Waals surface area contributed by atoms with E-state index in [2.05, 4.69) is 153 Å². The van der Waals surface area contributed by atoms with Gasteiger partial charge in [0.25, 0.3) is 0 Å². The Morgan fingerprint density at radius 1 is 0.500 bits per heavy atom. The van der Waals surface area contributed by atoms with E-state index in [1.54, 1.807) is 0 Å². The van der Waals surface area contributed by atoms with Crippen molar-refractivity contribution in [3.8, 4) is 33.4 Å². The third kappa shape index (κ3) is 4.37. The first-order chi connectivity index (χ1) is 21.7. The van der Waals surface area contributed by atoms with Gasteiger partial charge >= 0.3 is 0 Å². The number of aryl methyl sites for hydroxylation is 1. The lowest BCUT2D eigenvalue weighted by Gasteiger charge is -2.18. The van der Waals surface area contributed by atoms with Crippen molar-refractivity contribution in [1.82, 2.24) is 0 Å². The van der Waals surface area contributed by atoms with Crippen molar-refractivity contribution in [2.45, 2.75) is 6.92 Å². The summed E-state index contributed by atoms with van der Waals surface area (Å²) >= 11 is 1.84. The average molecular weight is 579 g/mol. The highest BCUT2D eigenvalue weighted by atomic mass is 32.1. The minimum Gasteiger partial charge on any atom is -0.136 e. The molecule has 0 aliphatic heterocycles. The molecule has 0 spiro atoms. The molecule has 0 nitrogen and oxygen atoms in total. The van der Waals surface area contributed by atoms with Crippen LogP contribution in [0.2, 0.25) is 0 Å².